The van der Waals surface area contributed by atoms with Crippen LogP contribution in [-0.4, -0.2) is 50.8 Å². The highest BCUT2D eigenvalue weighted by molar-refractivity contribution is 7.92. The molecule has 156 valence electrons. The van der Waals surface area contributed by atoms with Crippen LogP contribution in [0.5, 0.6) is 5.75 Å². The lowest BCUT2D eigenvalue weighted by atomic mass is 10.0. The summed E-state index contributed by atoms with van der Waals surface area (Å²) in [6, 6.07) is 1.54. The van der Waals surface area contributed by atoms with Crippen LogP contribution in [0.25, 0.3) is 0 Å². The fourth-order valence-electron chi connectivity index (χ4n) is 2.40. The number of likely N-dealkylation sites (tertiary alicyclic amines) is 1. The van der Waals surface area contributed by atoms with Crippen molar-refractivity contribution < 1.29 is 39.9 Å². The van der Waals surface area contributed by atoms with Gasteiger partial charge in [-0.2, -0.15) is 0 Å². The lowest BCUT2D eigenvalue weighted by molar-refractivity contribution is -0.274. The van der Waals surface area contributed by atoms with E-state index in [2.05, 4.69) is 16.6 Å². The number of hydrogen-bond donors (Lipinski definition) is 2. The lowest BCUT2D eigenvalue weighted by Crippen LogP contribution is -2.59. The van der Waals surface area contributed by atoms with Crippen LogP contribution in [0.2, 0.25) is 0 Å². The molecule has 1 saturated heterocycles. The minimum Gasteiger partial charge on any atom is -0.406 e. The highest BCUT2D eigenvalue weighted by Crippen LogP contribution is 2.30. The summed E-state index contributed by atoms with van der Waals surface area (Å²) in [5.74, 6) is -3.87. The molecule has 1 atom stereocenters. The maximum atomic E-state index is 14.0. The van der Waals surface area contributed by atoms with Crippen LogP contribution in [0, 0.1) is 0 Å². The Hall–Kier alpha value is -2.41. The molecule has 2 amide bonds. The third-order valence-electron chi connectivity index (χ3n) is 3.78. The molecule has 0 spiro atoms. The average molecular weight is 429 g/mol. The van der Waals surface area contributed by atoms with Crippen LogP contribution >= 0.6 is 0 Å². The molecule has 1 fully saturated rings. The van der Waals surface area contributed by atoms with Gasteiger partial charge in [-0.15, -0.1) is 13.2 Å². The minimum atomic E-state index is -4.86. The molecule has 28 heavy (non-hydrogen) atoms. The molecule has 0 radical (unpaired) electrons. The number of nitrogens with one attached hydrogen (secondary N) is 2. The number of anilines is 1. The summed E-state index contributed by atoms with van der Waals surface area (Å²) < 4.78 is 92.7. The van der Waals surface area contributed by atoms with E-state index >= 15 is 0 Å². The smallest absolute Gasteiger partial charge is 0.406 e. The number of carbonyl (C=O) groups excluding carboxylic acids is 1. The van der Waals surface area contributed by atoms with Crippen LogP contribution in [-0.2, 0) is 10.0 Å². The van der Waals surface area contributed by atoms with Gasteiger partial charge in [-0.3, -0.25) is 0 Å². The molecule has 7 nitrogen and oxygen atoms in total. The Balaban J connectivity index is 2.03. The maximum absolute atomic E-state index is 14.0. The van der Waals surface area contributed by atoms with Crippen molar-refractivity contribution in [3.63, 3.8) is 0 Å². The second kappa shape index (κ2) is 7.91. The number of nitrogens with zero attached hydrogens (tertiary/aromatic N) is 1. The van der Waals surface area contributed by atoms with Gasteiger partial charge in [0, 0.05) is 30.6 Å². The SMILES string of the molecule is C=CS(=O)(=O)N[C@H]1CN(C(=O)Nc2ccc(OC(F)(F)F)cc2)CCC1(F)F. The summed E-state index contributed by atoms with van der Waals surface area (Å²) in [6.45, 7) is 2.06. The molecule has 0 saturated carbocycles. The van der Waals surface area contributed by atoms with Crippen molar-refractivity contribution in [2.45, 2.75) is 24.7 Å². The Bertz CT molecular complexity index is 827. The predicted molar refractivity (Wildman–Crippen MR) is 89.3 cm³/mol. The van der Waals surface area contributed by atoms with Gasteiger partial charge in [0.05, 0.1) is 0 Å². The van der Waals surface area contributed by atoms with E-state index in [-0.39, 0.29) is 12.2 Å². The number of hydrogen-bond acceptors (Lipinski definition) is 4. The molecule has 1 aromatic rings. The zero-order valence-corrected chi connectivity index (χ0v) is 15.0. The number of rotatable bonds is 5. The molecule has 13 heteroatoms. The van der Waals surface area contributed by atoms with E-state index < -0.39 is 53.1 Å². The van der Waals surface area contributed by atoms with E-state index in [9.17, 15) is 35.2 Å². The van der Waals surface area contributed by atoms with E-state index in [0.717, 1.165) is 29.2 Å². The van der Waals surface area contributed by atoms with Crippen LogP contribution in [0.15, 0.2) is 36.3 Å². The van der Waals surface area contributed by atoms with E-state index in [1.54, 1.807) is 4.72 Å². The van der Waals surface area contributed by atoms with Crippen molar-refractivity contribution in [3.8, 4) is 5.75 Å². The number of piperidine rings is 1. The Kier molecular flexibility index (Phi) is 6.18. The molecule has 1 heterocycles. The van der Waals surface area contributed by atoms with Gasteiger partial charge >= 0.3 is 12.4 Å². The fraction of sp³-hybridized carbons (Fsp3) is 0.400. The van der Waals surface area contributed by atoms with Crippen LogP contribution < -0.4 is 14.8 Å². The molecule has 1 aromatic carbocycles. The van der Waals surface area contributed by atoms with Gasteiger partial charge in [0.2, 0.25) is 10.0 Å². The van der Waals surface area contributed by atoms with E-state index in [4.69, 9.17) is 0 Å². The molecule has 2 N–H and O–H groups in total. The zero-order valence-electron chi connectivity index (χ0n) is 14.2. The molecule has 2 rings (SSSR count). The highest BCUT2D eigenvalue weighted by atomic mass is 32.2. The Morgan fingerprint density at radius 3 is 2.43 bits per heavy atom. The molecular formula is C15H16F5N3O4S. The van der Waals surface area contributed by atoms with E-state index in [1.807, 2.05) is 0 Å². The maximum Gasteiger partial charge on any atom is 0.573 e. The second-order valence-corrected chi connectivity index (χ2v) is 7.50. The van der Waals surface area contributed by atoms with Gasteiger partial charge < -0.3 is 15.0 Å². The van der Waals surface area contributed by atoms with Gasteiger partial charge in [-0.1, -0.05) is 6.58 Å². The second-order valence-electron chi connectivity index (χ2n) is 5.84. The van der Waals surface area contributed by atoms with Crippen molar-refractivity contribution in [1.29, 1.82) is 0 Å². The fourth-order valence-corrected chi connectivity index (χ4v) is 3.14. The number of carbonyl (C=O) groups is 1. The molecule has 0 aliphatic carbocycles. The third kappa shape index (κ3) is 6.05. The van der Waals surface area contributed by atoms with Crippen molar-refractivity contribution >= 4 is 21.7 Å². The van der Waals surface area contributed by atoms with Gasteiger partial charge in [0.15, 0.2) is 0 Å². The highest BCUT2D eigenvalue weighted by Gasteiger charge is 2.46. The number of benzene rings is 1. The first kappa shape index (κ1) is 21.9. The topological polar surface area (TPSA) is 87.7 Å². The lowest BCUT2D eigenvalue weighted by Gasteiger charge is -2.38. The van der Waals surface area contributed by atoms with E-state index in [0.29, 0.717) is 5.41 Å². The average Bonchev–Trinajstić information content (AvgIpc) is 2.57. The minimum absolute atomic E-state index is 0.0973. The summed E-state index contributed by atoms with van der Waals surface area (Å²) in [5, 5.41) is 2.81. The molecule has 0 unspecified atom stereocenters. The monoisotopic (exact) mass is 429 g/mol. The largest absolute Gasteiger partial charge is 0.573 e. The van der Waals surface area contributed by atoms with Crippen molar-refractivity contribution in [3.05, 3.63) is 36.3 Å². The molecule has 1 aliphatic heterocycles. The van der Waals surface area contributed by atoms with Crippen molar-refractivity contribution in [1.82, 2.24) is 9.62 Å². The Labute approximate surface area is 157 Å². The third-order valence-corrected chi connectivity index (χ3v) is 4.83. The number of alkyl halides is 5. The van der Waals surface area contributed by atoms with Gasteiger partial charge in [-0.05, 0) is 24.3 Å². The molecule has 0 aromatic heterocycles. The van der Waals surface area contributed by atoms with Gasteiger partial charge in [-0.25, -0.2) is 26.7 Å². The van der Waals surface area contributed by atoms with Crippen LogP contribution in [0.4, 0.5) is 32.4 Å². The summed E-state index contributed by atoms with van der Waals surface area (Å²) in [4.78, 5) is 13.2. The van der Waals surface area contributed by atoms with Gasteiger partial charge in [0.25, 0.3) is 5.92 Å². The summed E-state index contributed by atoms with van der Waals surface area (Å²) in [6.07, 6.45) is -5.64. The van der Waals surface area contributed by atoms with Crippen molar-refractivity contribution in [2.75, 3.05) is 18.4 Å². The number of sulfonamides is 1. The standard InChI is InChI=1S/C15H16F5N3O4S/c1-2-28(25,26)22-12-9-23(8-7-14(12,16)17)13(24)21-10-3-5-11(6-4-10)27-15(18,19)20/h2-6,12,22H,1,7-9H2,(H,21,24)/t12-/m0/s1. The van der Waals surface area contributed by atoms with Crippen molar-refractivity contribution in [2.24, 2.45) is 0 Å². The van der Waals surface area contributed by atoms with Crippen LogP contribution in [0.1, 0.15) is 6.42 Å². The first-order valence-electron chi connectivity index (χ1n) is 7.76. The zero-order chi connectivity index (χ0) is 21.2. The number of amides is 2. The number of halogens is 5. The Morgan fingerprint density at radius 2 is 1.89 bits per heavy atom. The molecule has 0 bridgehead atoms. The molecular weight excluding hydrogens is 413 g/mol. The Morgan fingerprint density at radius 1 is 1.29 bits per heavy atom. The number of ether oxygens (including phenoxy) is 1. The first-order valence-corrected chi connectivity index (χ1v) is 9.30. The summed E-state index contributed by atoms with van der Waals surface area (Å²) in [7, 11) is -4.15. The summed E-state index contributed by atoms with van der Waals surface area (Å²) in [5.41, 5.74) is 0.0973. The quantitative estimate of drug-likeness (QED) is 0.705. The van der Waals surface area contributed by atoms with E-state index in [1.165, 1.54) is 0 Å². The van der Waals surface area contributed by atoms with Crippen LogP contribution in [0.3, 0.4) is 0 Å². The summed E-state index contributed by atoms with van der Waals surface area (Å²) >= 11 is 0. The number of urea groups is 1. The normalized spacial score (nSPS) is 19.8. The first-order chi connectivity index (χ1) is 12.8. The van der Waals surface area contributed by atoms with Gasteiger partial charge in [0.1, 0.15) is 11.8 Å². The molecule has 1 aliphatic rings. The predicted octanol–water partition coefficient (Wildman–Crippen LogP) is 2.89.